The van der Waals surface area contributed by atoms with Gasteiger partial charge in [-0.05, 0) is 41.7 Å². The first-order valence-electron chi connectivity index (χ1n) is 6.26. The monoisotopic (exact) mass is 277 g/mol. The lowest BCUT2D eigenvalue weighted by Crippen LogP contribution is -2.14. The Balaban J connectivity index is 2.22. The molecule has 1 aliphatic rings. The van der Waals surface area contributed by atoms with Crippen molar-refractivity contribution in [1.82, 2.24) is 0 Å². The van der Waals surface area contributed by atoms with E-state index >= 15 is 0 Å². The van der Waals surface area contributed by atoms with E-state index in [9.17, 15) is 9.90 Å². The molecule has 1 aromatic rings. The van der Waals surface area contributed by atoms with Crippen LogP contribution in [0.3, 0.4) is 0 Å². The highest BCUT2D eigenvalue weighted by atomic mass is 16.5. The van der Waals surface area contributed by atoms with Gasteiger partial charge < -0.3 is 14.6 Å². The van der Waals surface area contributed by atoms with Gasteiger partial charge in [0, 0.05) is 16.9 Å². The Kier molecular flexibility index (Phi) is 4.45. The van der Waals surface area contributed by atoms with Crippen LogP contribution in [0.1, 0.15) is 29.6 Å². The average molecular weight is 277 g/mol. The van der Waals surface area contributed by atoms with Crippen molar-refractivity contribution in [3.8, 4) is 11.5 Å². The molecule has 0 spiro atoms. The molecule has 0 aromatic heterocycles. The van der Waals surface area contributed by atoms with E-state index in [0.717, 1.165) is 6.42 Å². The van der Waals surface area contributed by atoms with Crippen LogP contribution in [0.15, 0.2) is 23.3 Å². The van der Waals surface area contributed by atoms with Crippen LogP contribution >= 0.6 is 0 Å². The number of methoxy groups -OCH3 is 1. The van der Waals surface area contributed by atoms with E-state index < -0.39 is 5.91 Å². The summed E-state index contributed by atoms with van der Waals surface area (Å²) in [4.78, 5) is 14.0. The number of amides is 1. The van der Waals surface area contributed by atoms with Crippen LogP contribution < -0.4 is 9.47 Å². The van der Waals surface area contributed by atoms with Gasteiger partial charge >= 0.3 is 0 Å². The number of rotatable bonds is 4. The van der Waals surface area contributed by atoms with Gasteiger partial charge in [0.2, 0.25) is 5.91 Å². The fourth-order valence-corrected chi connectivity index (χ4v) is 2.20. The summed E-state index contributed by atoms with van der Waals surface area (Å²) < 4.78 is 10.9. The molecule has 0 bridgehead atoms. The molecule has 1 N–H and O–H groups in total. The number of carbonyl (C=O) groups is 1. The van der Waals surface area contributed by atoms with Crippen LogP contribution in [-0.2, 0) is 0 Å². The Hall–Kier alpha value is -2.24. The maximum absolute atomic E-state index is 11.5. The Morgan fingerprint density at radius 3 is 2.85 bits per heavy atom. The van der Waals surface area contributed by atoms with E-state index in [1.165, 1.54) is 19.2 Å². The smallest absolute Gasteiger partial charge is 0.249 e. The van der Waals surface area contributed by atoms with Gasteiger partial charge in [0.1, 0.15) is 6.10 Å². The van der Waals surface area contributed by atoms with Gasteiger partial charge in [0.15, 0.2) is 11.5 Å². The van der Waals surface area contributed by atoms with Crippen molar-refractivity contribution in [2.24, 2.45) is 5.11 Å². The SMILES string of the molecule is COc1ccc(C(=O)N=[N+]=[N-])cc1O[C@H]1CC[C@H](O)C1. The Morgan fingerprint density at radius 2 is 2.25 bits per heavy atom. The van der Waals surface area contributed by atoms with Crippen molar-refractivity contribution >= 4 is 5.91 Å². The molecule has 0 unspecified atom stereocenters. The predicted molar refractivity (Wildman–Crippen MR) is 70.7 cm³/mol. The molecule has 20 heavy (non-hydrogen) atoms. The summed E-state index contributed by atoms with van der Waals surface area (Å²) in [6.07, 6.45) is 1.55. The van der Waals surface area contributed by atoms with Gasteiger partial charge in [-0.2, -0.15) is 0 Å². The second-order valence-corrected chi connectivity index (χ2v) is 4.57. The van der Waals surface area contributed by atoms with Gasteiger partial charge in [-0.15, -0.1) is 0 Å². The fraction of sp³-hybridized carbons (Fsp3) is 0.462. The third-order valence-corrected chi connectivity index (χ3v) is 3.20. The van der Waals surface area contributed by atoms with Gasteiger partial charge in [0.05, 0.1) is 13.2 Å². The zero-order valence-corrected chi connectivity index (χ0v) is 11.0. The summed E-state index contributed by atoms with van der Waals surface area (Å²) in [6, 6.07) is 4.58. The maximum atomic E-state index is 11.5. The molecule has 1 saturated carbocycles. The quantitative estimate of drug-likeness (QED) is 0.518. The summed E-state index contributed by atoms with van der Waals surface area (Å²) in [5.41, 5.74) is 8.51. The Bertz CT molecular complexity index is 555. The number of aliphatic hydroxyl groups is 1. The molecule has 7 nitrogen and oxygen atoms in total. The number of ether oxygens (including phenoxy) is 2. The zero-order valence-electron chi connectivity index (χ0n) is 11.0. The van der Waals surface area contributed by atoms with Crippen LogP contribution in [0.4, 0.5) is 0 Å². The third-order valence-electron chi connectivity index (χ3n) is 3.20. The molecule has 0 radical (unpaired) electrons. The molecule has 7 heteroatoms. The van der Waals surface area contributed by atoms with E-state index in [0.29, 0.717) is 24.3 Å². The van der Waals surface area contributed by atoms with Crippen molar-refractivity contribution in [1.29, 1.82) is 0 Å². The summed E-state index contributed by atoms with van der Waals surface area (Å²) in [5.74, 6) is 0.223. The van der Waals surface area contributed by atoms with Crippen molar-refractivity contribution in [2.75, 3.05) is 7.11 Å². The van der Waals surface area contributed by atoms with Gasteiger partial charge in [-0.1, -0.05) is 0 Å². The first kappa shape index (κ1) is 14.2. The van der Waals surface area contributed by atoms with E-state index in [4.69, 9.17) is 15.0 Å². The summed E-state index contributed by atoms with van der Waals surface area (Å²) in [5, 5.41) is 12.5. The summed E-state index contributed by atoms with van der Waals surface area (Å²) in [6.45, 7) is 0. The number of azide groups is 1. The lowest BCUT2D eigenvalue weighted by molar-refractivity contribution is 0.0998. The molecule has 1 amide bonds. The first-order valence-corrected chi connectivity index (χ1v) is 6.26. The molecule has 2 rings (SSSR count). The fourth-order valence-electron chi connectivity index (χ4n) is 2.20. The molecule has 0 heterocycles. The van der Waals surface area contributed by atoms with Crippen LogP contribution in [0.5, 0.6) is 11.5 Å². The number of nitrogens with zero attached hydrogens (tertiary/aromatic N) is 3. The van der Waals surface area contributed by atoms with E-state index in [-0.39, 0.29) is 17.8 Å². The minimum absolute atomic E-state index is 0.108. The molecule has 2 atom stereocenters. The molecule has 1 aromatic carbocycles. The largest absolute Gasteiger partial charge is 0.493 e. The van der Waals surface area contributed by atoms with Gasteiger partial charge in [-0.25, -0.2) is 0 Å². The normalized spacial score (nSPS) is 21.1. The average Bonchev–Trinajstić information content (AvgIpc) is 2.84. The van der Waals surface area contributed by atoms with Crippen molar-refractivity contribution < 1.29 is 19.4 Å². The second-order valence-electron chi connectivity index (χ2n) is 4.57. The lowest BCUT2D eigenvalue weighted by Gasteiger charge is -2.16. The van der Waals surface area contributed by atoms with Crippen LogP contribution in [-0.4, -0.2) is 30.3 Å². The highest BCUT2D eigenvalue weighted by Gasteiger charge is 2.25. The lowest BCUT2D eigenvalue weighted by atomic mass is 10.2. The Labute approximate surface area is 115 Å². The molecule has 0 aliphatic heterocycles. The number of benzene rings is 1. The van der Waals surface area contributed by atoms with Crippen LogP contribution in [0.2, 0.25) is 0 Å². The maximum Gasteiger partial charge on any atom is 0.249 e. The van der Waals surface area contributed by atoms with E-state index in [1.807, 2.05) is 0 Å². The van der Waals surface area contributed by atoms with Crippen molar-refractivity contribution in [3.63, 3.8) is 0 Å². The molecule has 106 valence electrons. The van der Waals surface area contributed by atoms with E-state index in [2.05, 4.69) is 10.0 Å². The molecular weight excluding hydrogens is 262 g/mol. The van der Waals surface area contributed by atoms with Crippen molar-refractivity contribution in [3.05, 3.63) is 34.2 Å². The third kappa shape index (κ3) is 3.20. The van der Waals surface area contributed by atoms with Crippen LogP contribution in [0.25, 0.3) is 10.4 Å². The van der Waals surface area contributed by atoms with E-state index in [1.54, 1.807) is 6.07 Å². The molecule has 1 aliphatic carbocycles. The summed E-state index contributed by atoms with van der Waals surface area (Å²) in [7, 11) is 1.50. The van der Waals surface area contributed by atoms with Crippen LogP contribution in [0, 0.1) is 0 Å². The predicted octanol–water partition coefficient (Wildman–Crippen LogP) is 2.44. The van der Waals surface area contributed by atoms with Gasteiger partial charge in [0.25, 0.3) is 0 Å². The highest BCUT2D eigenvalue weighted by molar-refractivity contribution is 5.95. The highest BCUT2D eigenvalue weighted by Crippen LogP contribution is 2.32. The minimum Gasteiger partial charge on any atom is -0.493 e. The molecule has 1 fully saturated rings. The number of aliphatic hydroxyl groups excluding tert-OH is 1. The van der Waals surface area contributed by atoms with Gasteiger partial charge in [-0.3, -0.25) is 4.79 Å². The summed E-state index contributed by atoms with van der Waals surface area (Å²) >= 11 is 0. The molecule has 0 saturated heterocycles. The standard InChI is InChI=1S/C13H15N3O4/c1-19-11-5-2-8(13(18)15-16-14)6-12(11)20-10-4-3-9(17)7-10/h2,5-6,9-10,17H,3-4,7H2,1H3/t9-,10-/m0/s1. The zero-order chi connectivity index (χ0) is 14.5. The second kappa shape index (κ2) is 6.27. The number of hydrogen-bond donors (Lipinski definition) is 1. The topological polar surface area (TPSA) is 105 Å². The number of hydrogen-bond acceptors (Lipinski definition) is 4. The van der Waals surface area contributed by atoms with Crippen molar-refractivity contribution in [2.45, 2.75) is 31.5 Å². The minimum atomic E-state index is -0.675. The molecular formula is C13H15N3O4. The first-order chi connectivity index (χ1) is 9.63. The number of carbonyl (C=O) groups excluding carboxylic acids is 1. The Morgan fingerprint density at radius 1 is 1.45 bits per heavy atom.